The Kier molecular flexibility index (Phi) is 18.6. The van der Waals surface area contributed by atoms with Gasteiger partial charge in [-0.2, -0.15) is 0 Å². The van der Waals surface area contributed by atoms with Crippen molar-refractivity contribution < 1.29 is 57.2 Å². The molecule has 420 valence electrons. The van der Waals surface area contributed by atoms with Gasteiger partial charge in [0.1, 0.15) is 30.2 Å². The lowest BCUT2D eigenvalue weighted by Gasteiger charge is -2.18. The van der Waals surface area contributed by atoms with Gasteiger partial charge in [-0.1, -0.05) is 70.6 Å². The molecule has 0 saturated carbocycles. The van der Waals surface area contributed by atoms with Crippen LogP contribution in [0.2, 0.25) is 0 Å². The van der Waals surface area contributed by atoms with E-state index in [-0.39, 0.29) is 73.0 Å². The maximum Gasteiger partial charge on any atom is 0.339 e. The van der Waals surface area contributed by atoms with E-state index in [9.17, 15) is 28.8 Å². The number of ether oxygens (including phenoxy) is 6. The molecule has 10 aliphatic heterocycles. The average molecular weight is 1210 g/mol. The highest BCUT2D eigenvalue weighted by Gasteiger charge is 2.33. The predicted molar refractivity (Wildman–Crippen MR) is 302 cm³/mol. The van der Waals surface area contributed by atoms with Crippen LogP contribution in [0.4, 0.5) is 0 Å². The molecule has 3 aromatic carbocycles. The largest absolute Gasteiger partial charge is 0.462 e. The molecule has 0 fully saturated rings. The highest BCUT2D eigenvalue weighted by Crippen LogP contribution is 2.48. The number of benzene rings is 3. The highest BCUT2D eigenvalue weighted by molar-refractivity contribution is 8.01. The molecule has 0 atom stereocenters. The predicted octanol–water partition coefficient (Wildman–Crippen LogP) is 11.8. The fourth-order valence-corrected chi connectivity index (χ4v) is 16.2. The van der Waals surface area contributed by atoms with Gasteiger partial charge in [0.2, 0.25) is 0 Å². The lowest BCUT2D eigenvalue weighted by Crippen LogP contribution is -2.12. The smallest absolute Gasteiger partial charge is 0.339 e. The van der Waals surface area contributed by atoms with E-state index in [1.54, 1.807) is 77.9 Å². The van der Waals surface area contributed by atoms with Crippen LogP contribution in [0.3, 0.4) is 0 Å². The SMILES string of the molecule is CCOC(=O)c1cc2c(C(=O)OCC)cc1Sc1nnc(c3c1CCC3)Sc1cc(C(=O)OCC)c(cc1C(=O)OCC)Sc1nnc(c3c1CCC3)Sc1cc(C(=O)OCC)c(cc1C(=O)OCC)Sc1nnc(c3c1CCC3)S2. The Balaban J connectivity index is 1.20. The van der Waals surface area contributed by atoms with Gasteiger partial charge in [0.25, 0.3) is 0 Å². The Morgan fingerprint density at radius 3 is 0.580 bits per heavy atom. The Hall–Kier alpha value is -6.18. The minimum atomic E-state index is -0.620. The molecular weight excluding hydrogens is 1150 g/mol. The van der Waals surface area contributed by atoms with Gasteiger partial charge in [-0.05, 0) is 169 Å². The van der Waals surface area contributed by atoms with E-state index in [1.165, 1.54) is 70.6 Å². The van der Waals surface area contributed by atoms with Crippen LogP contribution in [0.5, 0.6) is 0 Å². The second-order valence-electron chi connectivity index (χ2n) is 18.3. The first-order chi connectivity index (χ1) is 39.4. The van der Waals surface area contributed by atoms with Crippen molar-refractivity contribution in [3.63, 3.8) is 0 Å². The van der Waals surface area contributed by atoms with Crippen LogP contribution in [-0.2, 0) is 66.9 Å². The molecule has 19 rings (SSSR count). The second-order valence-corrected chi connectivity index (χ2v) is 24.5. The first kappa shape index (κ1) is 58.0. The Bertz CT molecular complexity index is 2980. The van der Waals surface area contributed by atoms with E-state index >= 15 is 0 Å². The van der Waals surface area contributed by atoms with Gasteiger partial charge in [0.05, 0.1) is 73.0 Å². The van der Waals surface area contributed by atoms with Crippen molar-refractivity contribution in [3.8, 4) is 0 Å². The molecule has 13 heterocycles. The van der Waals surface area contributed by atoms with Gasteiger partial charge in [0, 0.05) is 29.4 Å². The number of nitrogens with zero attached hydrogens (tertiary/aromatic N) is 6. The molecule has 0 spiro atoms. The number of hydrogen-bond donors (Lipinski definition) is 0. The van der Waals surface area contributed by atoms with E-state index in [1.807, 2.05) is 0 Å². The number of hydrogen-bond acceptors (Lipinski definition) is 24. The topological polar surface area (TPSA) is 235 Å². The standard InChI is InChI=1S/C57H54N6O12S6/c1-7-70-52(64)34-22-41-35(53(65)71-8-2)23-40(34)76-46-28-16-13-17-29(28)48(60-58-46)78-42-24-37(55(67)73-10-4)44(25-36(42)54(66)72-9-3)80-50-32-20-15-21-33(32)51(63-62-50)81-45-27-38(56(68)74-11-5)43(26-39(45)57(69)75-12-6)79-49-31-19-14-18-30(31)47(77-41)59-61-49/h22-27H,7-21H2,1-6H3. The molecule has 0 amide bonds. The number of esters is 6. The molecule has 6 aromatic rings. The number of aromatic nitrogens is 6. The van der Waals surface area contributed by atoms with Crippen molar-refractivity contribution in [2.45, 2.75) is 159 Å². The maximum absolute atomic E-state index is 14.1. The summed E-state index contributed by atoms with van der Waals surface area (Å²) in [5, 5.41) is 31.6. The molecule has 0 saturated heterocycles. The third-order valence-electron chi connectivity index (χ3n) is 13.4. The summed E-state index contributed by atoms with van der Waals surface area (Å²) in [6, 6.07) is 9.73. The summed E-state index contributed by atoms with van der Waals surface area (Å²) in [5.74, 6) is -3.72. The zero-order valence-corrected chi connectivity index (χ0v) is 50.0. The van der Waals surface area contributed by atoms with Gasteiger partial charge < -0.3 is 28.4 Å². The minimum absolute atomic E-state index is 0.0827. The second kappa shape index (κ2) is 25.9. The fourth-order valence-electron chi connectivity index (χ4n) is 9.80. The average Bonchev–Trinajstić information content (AvgIpc) is 4.38. The molecule has 3 aromatic heterocycles. The van der Waals surface area contributed by atoms with E-state index in [2.05, 4.69) is 0 Å². The maximum atomic E-state index is 14.1. The van der Waals surface area contributed by atoms with Crippen LogP contribution in [0.1, 0.15) is 156 Å². The van der Waals surface area contributed by atoms with Crippen LogP contribution in [0.15, 0.2) is 95.9 Å². The van der Waals surface area contributed by atoms with Crippen LogP contribution in [0, 0.1) is 0 Å². The van der Waals surface area contributed by atoms with Crippen molar-refractivity contribution in [1.29, 1.82) is 0 Å². The minimum Gasteiger partial charge on any atom is -0.462 e. The van der Waals surface area contributed by atoms with Crippen molar-refractivity contribution in [2.24, 2.45) is 0 Å². The molecule has 0 unspecified atom stereocenters. The van der Waals surface area contributed by atoms with Crippen LogP contribution in [-0.4, -0.2) is 106 Å². The summed E-state index contributed by atoms with van der Waals surface area (Å²) in [7, 11) is 0. The van der Waals surface area contributed by atoms with E-state index in [0.29, 0.717) is 98.1 Å². The molecule has 81 heavy (non-hydrogen) atoms. The molecule has 18 nitrogen and oxygen atoms in total. The molecule has 0 N–H and O–H groups in total. The van der Waals surface area contributed by atoms with E-state index in [0.717, 1.165) is 52.6 Å². The summed E-state index contributed by atoms with van der Waals surface area (Å²) in [5.41, 5.74) is 6.42. The monoisotopic (exact) mass is 1210 g/mol. The van der Waals surface area contributed by atoms with Crippen LogP contribution in [0.25, 0.3) is 0 Å². The van der Waals surface area contributed by atoms with Gasteiger partial charge in [-0.15, -0.1) is 30.6 Å². The molecule has 3 aliphatic carbocycles. The quantitative estimate of drug-likeness (QED) is 0.0816. The van der Waals surface area contributed by atoms with Crippen molar-refractivity contribution >= 4 is 106 Å². The zero-order valence-electron chi connectivity index (χ0n) is 45.1. The third-order valence-corrected chi connectivity index (χ3v) is 19.8. The van der Waals surface area contributed by atoms with Crippen molar-refractivity contribution in [2.75, 3.05) is 39.6 Å². The van der Waals surface area contributed by atoms with Gasteiger partial charge >= 0.3 is 35.8 Å². The van der Waals surface area contributed by atoms with E-state index < -0.39 is 35.8 Å². The van der Waals surface area contributed by atoms with E-state index in [4.69, 9.17) is 59.0 Å². The Morgan fingerprint density at radius 1 is 0.296 bits per heavy atom. The molecule has 13 aliphatic rings. The Labute approximate surface area is 492 Å². The molecule has 0 radical (unpaired) electrons. The van der Waals surface area contributed by atoms with Gasteiger partial charge in [-0.3, -0.25) is 0 Å². The summed E-state index contributed by atoms with van der Waals surface area (Å²) in [6.07, 6.45) is 6.08. The lowest BCUT2D eigenvalue weighted by atomic mass is 10.1. The number of carbonyl (C=O) groups is 6. The third kappa shape index (κ3) is 12.2. The fraction of sp³-hybridized carbons (Fsp3) is 0.368. The van der Waals surface area contributed by atoms with Crippen molar-refractivity contribution in [3.05, 3.63) is 103 Å². The first-order valence-electron chi connectivity index (χ1n) is 26.7. The zero-order chi connectivity index (χ0) is 56.9. The summed E-state index contributed by atoms with van der Waals surface area (Å²) < 4.78 is 33.8. The Morgan fingerprint density at radius 2 is 0.444 bits per heavy atom. The van der Waals surface area contributed by atoms with Gasteiger partial charge in [-0.25, -0.2) is 28.8 Å². The molecule has 12 bridgehead atoms. The van der Waals surface area contributed by atoms with Crippen molar-refractivity contribution in [1.82, 2.24) is 30.6 Å². The lowest BCUT2D eigenvalue weighted by molar-refractivity contribution is 0.0505. The number of rotatable bonds is 12. The molecule has 24 heteroatoms. The number of carbonyl (C=O) groups excluding carboxylic acids is 6. The van der Waals surface area contributed by atoms with Gasteiger partial charge in [0.15, 0.2) is 0 Å². The summed E-state index contributed by atoms with van der Waals surface area (Å²) in [4.78, 5) is 86.7. The molecular formula is C57H54N6O12S6. The normalized spacial score (nSPS) is 14.1. The van der Waals surface area contributed by atoms with Crippen LogP contribution >= 0.6 is 70.6 Å². The highest BCUT2D eigenvalue weighted by atomic mass is 32.2. The summed E-state index contributed by atoms with van der Waals surface area (Å²) in [6.45, 7) is 10.8. The van der Waals surface area contributed by atoms with Crippen LogP contribution < -0.4 is 0 Å². The first-order valence-corrected chi connectivity index (χ1v) is 31.5. The summed E-state index contributed by atoms with van der Waals surface area (Å²) >= 11 is 7.12.